The lowest BCUT2D eigenvalue weighted by molar-refractivity contribution is 0.190. The predicted octanol–water partition coefficient (Wildman–Crippen LogP) is 4.01. The fourth-order valence-electron chi connectivity index (χ4n) is 2.54. The summed E-state index contributed by atoms with van der Waals surface area (Å²) in [5.41, 5.74) is 2.54. The van der Waals surface area contributed by atoms with Crippen LogP contribution in [0.1, 0.15) is 31.7 Å². The van der Waals surface area contributed by atoms with Gasteiger partial charge in [0.15, 0.2) is 0 Å². The topological polar surface area (TPSA) is 21.3 Å². The van der Waals surface area contributed by atoms with E-state index in [1.54, 1.807) is 0 Å². The molecule has 1 aromatic rings. The number of hydrogen-bond acceptors (Lipinski definition) is 2. The molecule has 0 aromatic heterocycles. The van der Waals surface area contributed by atoms with Gasteiger partial charge in [-0.05, 0) is 30.0 Å². The summed E-state index contributed by atoms with van der Waals surface area (Å²) in [7, 11) is 0. The Balaban J connectivity index is 2.07. The highest BCUT2D eigenvalue weighted by Gasteiger charge is 2.21. The van der Waals surface area contributed by atoms with Crippen LogP contribution in [0.15, 0.2) is 36.4 Å². The smallest absolute Gasteiger partial charge is 0.0620 e. The summed E-state index contributed by atoms with van der Waals surface area (Å²) in [5.74, 6) is 0.796. The number of ether oxygens (including phenoxy) is 1. The standard InChI is InChI=1S/C17H24ClNO/c1-12(2)13(3)17(10-19-16-8-9-20-11-16)14-4-6-15(18)7-5-14/h4-7,12,16-17,19H,3,8-11H2,1-2H3/t16?,17-/m0/s1. The van der Waals surface area contributed by atoms with Crippen molar-refractivity contribution in [1.29, 1.82) is 0 Å². The summed E-state index contributed by atoms with van der Waals surface area (Å²) >= 11 is 5.98. The first-order valence-electron chi connectivity index (χ1n) is 7.33. The van der Waals surface area contributed by atoms with Crippen LogP contribution in [0.25, 0.3) is 0 Å². The molecule has 1 aliphatic heterocycles. The van der Waals surface area contributed by atoms with Crippen molar-refractivity contribution in [1.82, 2.24) is 5.32 Å². The van der Waals surface area contributed by atoms with Gasteiger partial charge in [-0.2, -0.15) is 0 Å². The molecule has 110 valence electrons. The fraction of sp³-hybridized carbons (Fsp3) is 0.529. The van der Waals surface area contributed by atoms with E-state index in [1.807, 2.05) is 12.1 Å². The van der Waals surface area contributed by atoms with Crippen LogP contribution in [0.5, 0.6) is 0 Å². The lowest BCUT2D eigenvalue weighted by Crippen LogP contribution is -2.33. The Kier molecular flexibility index (Phi) is 5.64. The summed E-state index contributed by atoms with van der Waals surface area (Å²) in [6, 6.07) is 8.59. The monoisotopic (exact) mass is 293 g/mol. The number of nitrogens with one attached hydrogen (secondary N) is 1. The molecule has 1 saturated heterocycles. The van der Waals surface area contributed by atoms with Gasteiger partial charge in [0.05, 0.1) is 6.61 Å². The van der Waals surface area contributed by atoms with E-state index < -0.39 is 0 Å². The third-order valence-electron chi connectivity index (χ3n) is 4.00. The first-order chi connectivity index (χ1) is 9.58. The number of rotatable bonds is 6. The third-order valence-corrected chi connectivity index (χ3v) is 4.25. The fourth-order valence-corrected chi connectivity index (χ4v) is 2.67. The average molecular weight is 294 g/mol. The van der Waals surface area contributed by atoms with Crippen molar-refractivity contribution >= 4 is 11.6 Å². The quantitative estimate of drug-likeness (QED) is 0.800. The third kappa shape index (κ3) is 4.08. The van der Waals surface area contributed by atoms with Crippen LogP contribution >= 0.6 is 11.6 Å². The van der Waals surface area contributed by atoms with Crippen LogP contribution in [0.4, 0.5) is 0 Å². The van der Waals surface area contributed by atoms with Gasteiger partial charge >= 0.3 is 0 Å². The minimum Gasteiger partial charge on any atom is -0.380 e. The zero-order chi connectivity index (χ0) is 14.5. The Morgan fingerprint density at radius 1 is 1.40 bits per heavy atom. The van der Waals surface area contributed by atoms with Crippen LogP contribution in [-0.2, 0) is 4.74 Å². The van der Waals surface area contributed by atoms with Crippen molar-refractivity contribution in [2.45, 2.75) is 32.2 Å². The van der Waals surface area contributed by atoms with Gasteiger partial charge in [-0.1, -0.05) is 49.7 Å². The first kappa shape index (κ1) is 15.6. The van der Waals surface area contributed by atoms with Crippen LogP contribution in [-0.4, -0.2) is 25.8 Å². The molecule has 0 amide bonds. The maximum absolute atomic E-state index is 5.98. The highest BCUT2D eigenvalue weighted by atomic mass is 35.5. The van der Waals surface area contributed by atoms with Crippen LogP contribution in [0.3, 0.4) is 0 Å². The number of halogens is 1. The van der Waals surface area contributed by atoms with Crippen LogP contribution in [0, 0.1) is 5.92 Å². The molecule has 1 N–H and O–H groups in total. The Hall–Kier alpha value is -0.830. The molecular formula is C17H24ClNO. The van der Waals surface area contributed by atoms with Gasteiger partial charge in [-0.15, -0.1) is 0 Å². The molecule has 0 radical (unpaired) electrons. The molecule has 0 saturated carbocycles. The molecule has 1 aromatic carbocycles. The Bertz CT molecular complexity index is 435. The van der Waals surface area contributed by atoms with Crippen molar-refractivity contribution in [3.63, 3.8) is 0 Å². The maximum atomic E-state index is 5.98. The van der Waals surface area contributed by atoms with E-state index in [4.69, 9.17) is 16.3 Å². The molecule has 1 aliphatic rings. The summed E-state index contributed by atoms with van der Waals surface area (Å²) in [6.45, 7) is 11.3. The average Bonchev–Trinajstić information content (AvgIpc) is 2.93. The minimum atomic E-state index is 0.327. The van der Waals surface area contributed by atoms with E-state index in [0.29, 0.717) is 17.9 Å². The second-order valence-corrected chi connectivity index (χ2v) is 6.24. The largest absolute Gasteiger partial charge is 0.380 e. The second-order valence-electron chi connectivity index (χ2n) is 5.80. The van der Waals surface area contributed by atoms with Gasteiger partial charge in [-0.25, -0.2) is 0 Å². The summed E-state index contributed by atoms with van der Waals surface area (Å²) in [4.78, 5) is 0. The SMILES string of the molecule is C=C(C(C)C)[C@H](CNC1CCOC1)c1ccc(Cl)cc1. The highest BCUT2D eigenvalue weighted by Crippen LogP contribution is 2.29. The van der Waals surface area contributed by atoms with Gasteiger partial charge in [-0.3, -0.25) is 0 Å². The molecule has 2 nitrogen and oxygen atoms in total. The van der Waals surface area contributed by atoms with Crippen molar-refractivity contribution < 1.29 is 4.74 Å². The summed E-state index contributed by atoms with van der Waals surface area (Å²) in [5, 5.41) is 4.39. The van der Waals surface area contributed by atoms with Gasteiger partial charge in [0.25, 0.3) is 0 Å². The van der Waals surface area contributed by atoms with E-state index in [9.17, 15) is 0 Å². The molecule has 1 fully saturated rings. The lowest BCUT2D eigenvalue weighted by atomic mass is 9.85. The van der Waals surface area contributed by atoms with E-state index in [-0.39, 0.29) is 0 Å². The molecule has 0 bridgehead atoms. The van der Waals surface area contributed by atoms with Crippen molar-refractivity contribution in [3.8, 4) is 0 Å². The van der Waals surface area contributed by atoms with E-state index in [2.05, 4.69) is 37.9 Å². The van der Waals surface area contributed by atoms with Gasteiger partial charge in [0.2, 0.25) is 0 Å². The first-order valence-corrected chi connectivity index (χ1v) is 7.71. The maximum Gasteiger partial charge on any atom is 0.0620 e. The molecule has 20 heavy (non-hydrogen) atoms. The summed E-state index contributed by atoms with van der Waals surface area (Å²) < 4.78 is 5.42. The van der Waals surface area contributed by atoms with Crippen molar-refractivity contribution in [2.24, 2.45) is 5.92 Å². The molecule has 1 unspecified atom stereocenters. The lowest BCUT2D eigenvalue weighted by Gasteiger charge is -2.25. The predicted molar refractivity (Wildman–Crippen MR) is 85.4 cm³/mol. The van der Waals surface area contributed by atoms with Gasteiger partial charge < -0.3 is 10.1 Å². The molecule has 2 atom stereocenters. The normalized spacial score (nSPS) is 20.3. The van der Waals surface area contributed by atoms with Gasteiger partial charge in [0.1, 0.15) is 0 Å². The van der Waals surface area contributed by atoms with Crippen molar-refractivity contribution in [3.05, 3.63) is 47.0 Å². The molecular weight excluding hydrogens is 270 g/mol. The molecule has 3 heteroatoms. The Morgan fingerprint density at radius 2 is 2.10 bits per heavy atom. The Morgan fingerprint density at radius 3 is 2.65 bits per heavy atom. The van der Waals surface area contributed by atoms with Crippen molar-refractivity contribution in [2.75, 3.05) is 19.8 Å². The molecule has 0 aliphatic carbocycles. The number of benzene rings is 1. The zero-order valence-corrected chi connectivity index (χ0v) is 13.1. The van der Waals surface area contributed by atoms with Gasteiger partial charge in [0, 0.05) is 30.1 Å². The Labute approximate surface area is 127 Å². The van der Waals surface area contributed by atoms with Crippen LogP contribution in [0.2, 0.25) is 5.02 Å². The highest BCUT2D eigenvalue weighted by molar-refractivity contribution is 6.30. The molecule has 1 heterocycles. The van der Waals surface area contributed by atoms with E-state index in [1.165, 1.54) is 11.1 Å². The van der Waals surface area contributed by atoms with Crippen LogP contribution < -0.4 is 5.32 Å². The molecule has 2 rings (SSSR count). The second kappa shape index (κ2) is 7.26. The number of hydrogen-bond donors (Lipinski definition) is 1. The molecule has 0 spiro atoms. The van der Waals surface area contributed by atoms with E-state index in [0.717, 1.165) is 31.2 Å². The minimum absolute atomic E-state index is 0.327. The summed E-state index contributed by atoms with van der Waals surface area (Å²) in [6.07, 6.45) is 1.10. The van der Waals surface area contributed by atoms with E-state index >= 15 is 0 Å². The zero-order valence-electron chi connectivity index (χ0n) is 12.4.